The molecule has 0 saturated carbocycles. The highest BCUT2D eigenvalue weighted by Gasteiger charge is 2.15. The van der Waals surface area contributed by atoms with E-state index in [1.54, 1.807) is 13.2 Å². The van der Waals surface area contributed by atoms with Crippen LogP contribution < -0.4 is 14.8 Å². The zero-order valence-corrected chi connectivity index (χ0v) is 14.1. The summed E-state index contributed by atoms with van der Waals surface area (Å²) >= 11 is 0. The van der Waals surface area contributed by atoms with Crippen molar-refractivity contribution in [1.29, 1.82) is 0 Å². The lowest BCUT2D eigenvalue weighted by atomic mass is 10.2. The van der Waals surface area contributed by atoms with E-state index in [1.165, 1.54) is 25.3 Å². The molecule has 3 aromatic rings. The Morgan fingerprint density at radius 1 is 1.15 bits per heavy atom. The second kappa shape index (κ2) is 7.51. The first-order valence-electron chi connectivity index (χ1n) is 7.64. The van der Waals surface area contributed by atoms with Crippen LogP contribution in [0, 0.1) is 10.1 Å². The van der Waals surface area contributed by atoms with Crippen molar-refractivity contribution in [3.05, 3.63) is 58.5 Å². The molecule has 0 radical (unpaired) electrons. The maximum atomic E-state index is 10.9. The molecule has 0 aliphatic heterocycles. The van der Waals surface area contributed by atoms with Gasteiger partial charge in [0.05, 0.1) is 36.9 Å². The number of nitrogens with zero attached hydrogens (tertiary/aromatic N) is 3. The molecule has 2 aromatic carbocycles. The van der Waals surface area contributed by atoms with E-state index >= 15 is 0 Å². The van der Waals surface area contributed by atoms with Gasteiger partial charge in [0.1, 0.15) is 11.5 Å². The van der Waals surface area contributed by atoms with Gasteiger partial charge in [-0.25, -0.2) is 0 Å². The van der Waals surface area contributed by atoms with Gasteiger partial charge in [0, 0.05) is 12.1 Å². The van der Waals surface area contributed by atoms with Crippen molar-refractivity contribution < 1.29 is 18.9 Å². The van der Waals surface area contributed by atoms with Crippen LogP contribution >= 0.6 is 0 Å². The molecule has 0 amide bonds. The summed E-state index contributed by atoms with van der Waals surface area (Å²) in [6.07, 6.45) is 0. The quantitative estimate of drug-likeness (QED) is 0.507. The summed E-state index contributed by atoms with van der Waals surface area (Å²) in [7, 11) is 3.05. The lowest BCUT2D eigenvalue weighted by molar-refractivity contribution is -0.384. The number of hydrogen-bond acceptors (Lipinski definition) is 8. The van der Waals surface area contributed by atoms with Crippen molar-refractivity contribution in [3.63, 3.8) is 0 Å². The molecule has 0 fully saturated rings. The molecule has 1 aromatic heterocycles. The molecule has 3 rings (SSSR count). The van der Waals surface area contributed by atoms with Crippen molar-refractivity contribution in [2.75, 3.05) is 19.5 Å². The van der Waals surface area contributed by atoms with Gasteiger partial charge in [0.15, 0.2) is 0 Å². The number of aromatic nitrogens is 2. The maximum Gasteiger partial charge on any atom is 0.271 e. The average molecular weight is 356 g/mol. The molecule has 9 nitrogen and oxygen atoms in total. The van der Waals surface area contributed by atoms with Gasteiger partial charge < -0.3 is 19.3 Å². The van der Waals surface area contributed by atoms with Crippen molar-refractivity contribution in [1.82, 2.24) is 10.1 Å². The number of ether oxygens (including phenoxy) is 2. The van der Waals surface area contributed by atoms with Gasteiger partial charge in [0.2, 0.25) is 11.7 Å². The summed E-state index contributed by atoms with van der Waals surface area (Å²) in [5.41, 5.74) is 1.12. The summed E-state index contributed by atoms with van der Waals surface area (Å²) in [5.74, 6) is 1.82. The predicted molar refractivity (Wildman–Crippen MR) is 93.3 cm³/mol. The number of anilines is 1. The fourth-order valence-corrected chi connectivity index (χ4v) is 2.38. The molecule has 0 aliphatic carbocycles. The third-order valence-electron chi connectivity index (χ3n) is 3.64. The van der Waals surface area contributed by atoms with Gasteiger partial charge in [-0.3, -0.25) is 10.1 Å². The molecule has 1 heterocycles. The number of hydrogen-bond donors (Lipinski definition) is 1. The van der Waals surface area contributed by atoms with E-state index in [2.05, 4.69) is 15.5 Å². The molecule has 0 atom stereocenters. The van der Waals surface area contributed by atoms with Crippen LogP contribution in [0.3, 0.4) is 0 Å². The highest BCUT2D eigenvalue weighted by atomic mass is 16.6. The fourth-order valence-electron chi connectivity index (χ4n) is 2.38. The normalized spacial score (nSPS) is 10.4. The van der Waals surface area contributed by atoms with E-state index in [0.717, 1.165) is 0 Å². The fraction of sp³-hybridized carbons (Fsp3) is 0.176. The van der Waals surface area contributed by atoms with Gasteiger partial charge in [-0.15, -0.1) is 0 Å². The van der Waals surface area contributed by atoms with Crippen molar-refractivity contribution in [2.45, 2.75) is 6.54 Å². The standard InChI is InChI=1S/C17H16N4O5/c1-24-14-6-4-3-5-12(14)17-19-16(26-20-17)10-18-13-9-11(21(22)23)7-8-15(13)25-2/h3-9,18H,10H2,1-2H3. The Bertz CT molecular complexity index is 925. The molecule has 26 heavy (non-hydrogen) atoms. The first-order chi connectivity index (χ1) is 12.6. The Hall–Kier alpha value is -3.62. The molecule has 0 bridgehead atoms. The van der Waals surface area contributed by atoms with Crippen LogP contribution in [0.5, 0.6) is 11.5 Å². The smallest absolute Gasteiger partial charge is 0.271 e. The van der Waals surface area contributed by atoms with E-state index in [1.807, 2.05) is 18.2 Å². The highest BCUT2D eigenvalue weighted by molar-refractivity contribution is 5.64. The Morgan fingerprint density at radius 3 is 2.65 bits per heavy atom. The SMILES string of the molecule is COc1ccc([N+](=O)[O-])cc1NCc1nc(-c2ccccc2OC)no1. The second-order valence-corrected chi connectivity index (χ2v) is 5.21. The number of nitro groups is 1. The molecule has 134 valence electrons. The third kappa shape index (κ3) is 3.56. The predicted octanol–water partition coefficient (Wildman–Crippen LogP) is 3.27. The minimum atomic E-state index is -0.475. The number of methoxy groups -OCH3 is 2. The van der Waals surface area contributed by atoms with E-state index in [4.69, 9.17) is 14.0 Å². The number of para-hydroxylation sites is 1. The number of non-ortho nitro benzene ring substituents is 1. The molecule has 1 N–H and O–H groups in total. The van der Waals surface area contributed by atoms with Crippen LogP contribution in [0.2, 0.25) is 0 Å². The molecular formula is C17H16N4O5. The molecule has 0 aliphatic rings. The third-order valence-corrected chi connectivity index (χ3v) is 3.64. The van der Waals surface area contributed by atoms with Crippen molar-refractivity contribution in [2.24, 2.45) is 0 Å². The van der Waals surface area contributed by atoms with E-state index in [-0.39, 0.29) is 12.2 Å². The molecule has 0 saturated heterocycles. The summed E-state index contributed by atoms with van der Waals surface area (Å²) < 4.78 is 15.7. The summed E-state index contributed by atoms with van der Waals surface area (Å²) in [5, 5.41) is 17.9. The average Bonchev–Trinajstić information content (AvgIpc) is 3.14. The monoisotopic (exact) mass is 356 g/mol. The first kappa shape index (κ1) is 17.2. The zero-order valence-electron chi connectivity index (χ0n) is 14.1. The Morgan fingerprint density at radius 2 is 1.92 bits per heavy atom. The zero-order chi connectivity index (χ0) is 18.5. The number of rotatable bonds is 7. The lowest BCUT2D eigenvalue weighted by Gasteiger charge is -2.09. The summed E-state index contributed by atoms with van der Waals surface area (Å²) in [6, 6.07) is 11.6. The Balaban J connectivity index is 1.78. The van der Waals surface area contributed by atoms with Crippen LogP contribution in [-0.2, 0) is 6.54 Å². The molecule has 0 unspecified atom stereocenters. The Kier molecular flexibility index (Phi) is 4.97. The van der Waals surface area contributed by atoms with Crippen molar-refractivity contribution in [3.8, 4) is 22.9 Å². The molecule has 0 spiro atoms. The number of benzene rings is 2. The topological polar surface area (TPSA) is 113 Å². The Labute approximate surface area is 148 Å². The van der Waals surface area contributed by atoms with Crippen LogP contribution in [-0.4, -0.2) is 29.3 Å². The lowest BCUT2D eigenvalue weighted by Crippen LogP contribution is -2.02. The summed E-state index contributed by atoms with van der Waals surface area (Å²) in [6.45, 7) is 0.180. The van der Waals surface area contributed by atoms with Gasteiger partial charge in [0.25, 0.3) is 5.69 Å². The molecule has 9 heteroatoms. The van der Waals surface area contributed by atoms with Gasteiger partial charge >= 0.3 is 0 Å². The first-order valence-corrected chi connectivity index (χ1v) is 7.64. The van der Waals surface area contributed by atoms with E-state index in [9.17, 15) is 10.1 Å². The number of nitrogens with one attached hydrogen (secondary N) is 1. The number of nitro benzene ring substituents is 1. The minimum absolute atomic E-state index is 0.0476. The van der Waals surface area contributed by atoms with Gasteiger partial charge in [-0.2, -0.15) is 4.98 Å². The van der Waals surface area contributed by atoms with Crippen LogP contribution in [0.25, 0.3) is 11.4 Å². The van der Waals surface area contributed by atoms with Crippen molar-refractivity contribution >= 4 is 11.4 Å². The second-order valence-electron chi connectivity index (χ2n) is 5.21. The van der Waals surface area contributed by atoms with Crippen LogP contribution in [0.4, 0.5) is 11.4 Å². The van der Waals surface area contributed by atoms with E-state index < -0.39 is 4.92 Å². The van der Waals surface area contributed by atoms with Crippen LogP contribution in [0.1, 0.15) is 5.89 Å². The molecular weight excluding hydrogens is 340 g/mol. The highest BCUT2D eigenvalue weighted by Crippen LogP contribution is 2.30. The largest absolute Gasteiger partial charge is 0.496 e. The minimum Gasteiger partial charge on any atom is -0.496 e. The van der Waals surface area contributed by atoms with Gasteiger partial charge in [-0.05, 0) is 18.2 Å². The van der Waals surface area contributed by atoms with E-state index in [0.29, 0.717) is 34.5 Å². The van der Waals surface area contributed by atoms with Gasteiger partial charge in [-0.1, -0.05) is 17.3 Å². The maximum absolute atomic E-state index is 10.9. The summed E-state index contributed by atoms with van der Waals surface area (Å²) in [4.78, 5) is 14.8. The van der Waals surface area contributed by atoms with Crippen LogP contribution in [0.15, 0.2) is 47.0 Å².